The van der Waals surface area contributed by atoms with Crippen LogP contribution in [-0.2, 0) is 5.41 Å². The zero-order valence-corrected chi connectivity index (χ0v) is 36.3. The van der Waals surface area contributed by atoms with Gasteiger partial charge >= 0.3 is 0 Å². The Balaban J connectivity index is 0.998. The number of hydrogen-bond donors (Lipinski definition) is 0. The van der Waals surface area contributed by atoms with Gasteiger partial charge in [-0.3, -0.25) is 0 Å². The van der Waals surface area contributed by atoms with Gasteiger partial charge in [-0.05, 0) is 137 Å². The first-order chi connectivity index (χ1) is 32.0. The molecule has 0 aromatic heterocycles. The number of benzene rings is 12. The number of hydrogen-bond acceptors (Lipinski definition) is 2. The van der Waals surface area contributed by atoms with Gasteiger partial charge in [-0.1, -0.05) is 184 Å². The van der Waals surface area contributed by atoms with Crippen LogP contribution in [0.15, 0.2) is 231 Å². The van der Waals surface area contributed by atoms with Gasteiger partial charge in [0, 0.05) is 38.9 Å². The molecule has 0 radical (unpaired) electrons. The number of fused-ring (bicyclic) bond motifs is 11. The number of anilines is 6. The van der Waals surface area contributed by atoms with E-state index in [9.17, 15) is 0 Å². The second kappa shape index (κ2) is 14.4. The van der Waals surface area contributed by atoms with Gasteiger partial charge in [0.1, 0.15) is 0 Å². The Kier molecular flexibility index (Phi) is 8.29. The summed E-state index contributed by atoms with van der Waals surface area (Å²) in [4.78, 5) is 4.97. The summed E-state index contributed by atoms with van der Waals surface area (Å²) in [5.41, 5.74) is 11.8. The van der Waals surface area contributed by atoms with Gasteiger partial charge in [0.25, 0.3) is 0 Å². The molecule has 0 aliphatic heterocycles. The molecule has 0 atom stereocenters. The Morgan fingerprint density at radius 2 is 0.585 bits per heavy atom. The highest BCUT2D eigenvalue weighted by Crippen LogP contribution is 2.54. The molecule has 0 heterocycles. The van der Waals surface area contributed by atoms with E-state index >= 15 is 0 Å². The Hall–Kier alpha value is -8.20. The average molecular weight is 829 g/mol. The van der Waals surface area contributed by atoms with Crippen LogP contribution in [0, 0.1) is 0 Å². The molecule has 0 saturated heterocycles. The van der Waals surface area contributed by atoms with Crippen molar-refractivity contribution in [3.63, 3.8) is 0 Å². The second-order valence-electron chi connectivity index (χ2n) is 18.1. The molecule has 0 spiro atoms. The minimum absolute atomic E-state index is 0.294. The van der Waals surface area contributed by atoms with Crippen molar-refractivity contribution in [3.8, 4) is 11.1 Å². The van der Waals surface area contributed by atoms with Crippen LogP contribution >= 0.6 is 0 Å². The molecule has 306 valence electrons. The predicted octanol–water partition coefficient (Wildman–Crippen LogP) is 17.9. The van der Waals surface area contributed by atoms with Gasteiger partial charge in [0.15, 0.2) is 0 Å². The third-order valence-corrected chi connectivity index (χ3v) is 14.1. The highest BCUT2D eigenvalue weighted by Gasteiger charge is 2.37. The van der Waals surface area contributed by atoms with E-state index in [2.05, 4.69) is 254 Å². The molecule has 2 nitrogen and oxygen atoms in total. The van der Waals surface area contributed by atoms with E-state index in [4.69, 9.17) is 0 Å². The molecule has 65 heavy (non-hydrogen) atoms. The fraction of sp³-hybridized carbons (Fsp3) is 0.0476. The first kappa shape index (κ1) is 37.4. The lowest BCUT2D eigenvalue weighted by Crippen LogP contribution is -2.18. The van der Waals surface area contributed by atoms with E-state index in [1.54, 1.807) is 0 Å². The topological polar surface area (TPSA) is 6.48 Å². The normalized spacial score (nSPS) is 12.9. The summed E-state index contributed by atoms with van der Waals surface area (Å²) in [5, 5.41) is 14.8. The maximum absolute atomic E-state index is 2.48. The van der Waals surface area contributed by atoms with Crippen LogP contribution in [0.3, 0.4) is 0 Å². The van der Waals surface area contributed by atoms with Crippen LogP contribution < -0.4 is 9.80 Å². The lowest BCUT2D eigenvalue weighted by Gasteiger charge is -2.30. The minimum atomic E-state index is -0.294. The van der Waals surface area contributed by atoms with Crippen molar-refractivity contribution in [1.82, 2.24) is 0 Å². The van der Waals surface area contributed by atoms with Gasteiger partial charge in [0.05, 0.1) is 11.4 Å². The molecular weight excluding hydrogens is 785 g/mol. The smallest absolute Gasteiger partial charge is 0.0546 e. The van der Waals surface area contributed by atoms with E-state index in [1.807, 2.05) is 0 Å². The summed E-state index contributed by atoms with van der Waals surface area (Å²) >= 11 is 0. The molecule has 2 heteroatoms. The Labute approximate surface area is 378 Å². The molecule has 0 N–H and O–H groups in total. The SMILES string of the molecule is CC1(C)c2cc(N(c3ccc4ccccc4c3)c3cc4ccccc4c4ccccc34)ccc2-c2ccc(N(c3ccc4ccccc4c3)c3cc4ccccc4c4ccccc34)cc21. The molecule has 0 saturated carbocycles. The van der Waals surface area contributed by atoms with Crippen LogP contribution in [-0.4, -0.2) is 0 Å². The summed E-state index contributed by atoms with van der Waals surface area (Å²) in [6.45, 7) is 4.81. The zero-order valence-electron chi connectivity index (χ0n) is 36.3. The van der Waals surface area contributed by atoms with E-state index in [1.165, 1.54) is 98.3 Å². The summed E-state index contributed by atoms with van der Waals surface area (Å²) in [6.07, 6.45) is 0. The summed E-state index contributed by atoms with van der Waals surface area (Å²) in [7, 11) is 0. The molecule has 1 aliphatic carbocycles. The summed E-state index contributed by atoms with van der Waals surface area (Å²) in [6, 6.07) is 85.5. The highest BCUT2D eigenvalue weighted by atomic mass is 15.2. The van der Waals surface area contributed by atoms with Crippen molar-refractivity contribution in [3.05, 3.63) is 242 Å². The summed E-state index contributed by atoms with van der Waals surface area (Å²) in [5.74, 6) is 0. The molecule has 0 amide bonds. The molecule has 13 rings (SSSR count). The lowest BCUT2D eigenvalue weighted by atomic mass is 9.82. The van der Waals surface area contributed by atoms with Crippen LogP contribution in [0.1, 0.15) is 25.0 Å². The zero-order chi connectivity index (χ0) is 43.2. The first-order valence-electron chi connectivity index (χ1n) is 22.7. The largest absolute Gasteiger partial charge is 0.310 e. The first-order valence-corrected chi connectivity index (χ1v) is 22.7. The van der Waals surface area contributed by atoms with Crippen molar-refractivity contribution < 1.29 is 0 Å². The molecule has 1 aliphatic rings. The molecule has 0 unspecified atom stereocenters. The fourth-order valence-corrected chi connectivity index (χ4v) is 10.9. The average Bonchev–Trinajstić information content (AvgIpc) is 3.58. The van der Waals surface area contributed by atoms with Gasteiger partial charge in [-0.25, -0.2) is 0 Å². The van der Waals surface area contributed by atoms with Crippen molar-refractivity contribution >= 4 is 98.8 Å². The second-order valence-corrected chi connectivity index (χ2v) is 18.1. The Bertz CT molecular complexity index is 3640. The molecule has 0 bridgehead atoms. The van der Waals surface area contributed by atoms with Crippen LogP contribution in [0.2, 0.25) is 0 Å². The van der Waals surface area contributed by atoms with E-state index in [-0.39, 0.29) is 5.41 Å². The van der Waals surface area contributed by atoms with Crippen LogP contribution in [0.5, 0.6) is 0 Å². The molecular formula is C63H44N2. The van der Waals surface area contributed by atoms with Gasteiger partial charge in [0.2, 0.25) is 0 Å². The van der Waals surface area contributed by atoms with Crippen molar-refractivity contribution in [1.29, 1.82) is 0 Å². The van der Waals surface area contributed by atoms with E-state index < -0.39 is 0 Å². The fourth-order valence-electron chi connectivity index (χ4n) is 10.9. The molecule has 12 aromatic rings. The van der Waals surface area contributed by atoms with Gasteiger partial charge < -0.3 is 9.80 Å². The third-order valence-electron chi connectivity index (χ3n) is 14.1. The number of rotatable bonds is 6. The van der Waals surface area contributed by atoms with E-state index in [0.717, 1.165) is 22.7 Å². The lowest BCUT2D eigenvalue weighted by molar-refractivity contribution is 0.660. The minimum Gasteiger partial charge on any atom is -0.310 e. The molecule has 12 aromatic carbocycles. The third kappa shape index (κ3) is 5.88. The molecule has 0 fully saturated rings. The van der Waals surface area contributed by atoms with Crippen molar-refractivity contribution in [2.24, 2.45) is 0 Å². The Morgan fingerprint density at radius 3 is 1.02 bits per heavy atom. The van der Waals surface area contributed by atoms with Gasteiger partial charge in [-0.2, -0.15) is 0 Å². The quantitative estimate of drug-likeness (QED) is 0.154. The van der Waals surface area contributed by atoms with Crippen molar-refractivity contribution in [2.75, 3.05) is 9.80 Å². The monoisotopic (exact) mass is 828 g/mol. The maximum atomic E-state index is 2.48. The number of nitrogens with zero attached hydrogens (tertiary/aromatic N) is 2. The standard InChI is InChI=1S/C63H44N2/c1-63(2)59-39-49(64(47-29-27-41-15-3-5-17-43(41)35-47)61-37-45-19-7-9-21-51(45)53-23-11-13-25-57(53)61)31-33-55(59)56-34-32-50(40-60(56)63)65(48-30-28-42-16-4-6-18-44(42)36-48)62-38-46-20-8-10-22-52(46)54-24-12-14-26-58(54)62/h3-40H,1-2H3. The van der Waals surface area contributed by atoms with Gasteiger partial charge in [-0.15, -0.1) is 0 Å². The predicted molar refractivity (Wildman–Crippen MR) is 278 cm³/mol. The highest BCUT2D eigenvalue weighted by molar-refractivity contribution is 6.16. The van der Waals surface area contributed by atoms with Crippen LogP contribution in [0.25, 0.3) is 75.8 Å². The maximum Gasteiger partial charge on any atom is 0.0546 e. The van der Waals surface area contributed by atoms with E-state index in [0.29, 0.717) is 0 Å². The Morgan fingerprint density at radius 1 is 0.262 bits per heavy atom. The summed E-state index contributed by atoms with van der Waals surface area (Å²) < 4.78 is 0. The van der Waals surface area contributed by atoms with Crippen LogP contribution in [0.4, 0.5) is 34.1 Å². The van der Waals surface area contributed by atoms with Crippen molar-refractivity contribution in [2.45, 2.75) is 19.3 Å².